The first-order valence-corrected chi connectivity index (χ1v) is 8.39. The molecule has 2 N–H and O–H groups in total. The summed E-state index contributed by atoms with van der Waals surface area (Å²) < 4.78 is 10.2. The van der Waals surface area contributed by atoms with Gasteiger partial charge in [-0.15, -0.1) is 0 Å². The Morgan fingerprint density at radius 3 is 2.50 bits per heavy atom. The Balaban J connectivity index is 2.28. The molecule has 0 aromatic heterocycles. The molecule has 1 aromatic rings. The van der Waals surface area contributed by atoms with E-state index >= 15 is 0 Å². The molecule has 0 saturated heterocycles. The van der Waals surface area contributed by atoms with E-state index in [1.165, 1.54) is 5.56 Å². The lowest BCUT2D eigenvalue weighted by molar-refractivity contribution is -0.140. The highest BCUT2D eigenvalue weighted by atomic mass is 32.1. The van der Waals surface area contributed by atoms with Crippen molar-refractivity contribution in [3.63, 3.8) is 0 Å². The molecule has 5 nitrogen and oxygen atoms in total. The van der Waals surface area contributed by atoms with Crippen molar-refractivity contribution in [1.82, 2.24) is 10.6 Å². The van der Waals surface area contributed by atoms with Gasteiger partial charge in [0.05, 0.1) is 18.2 Å². The van der Waals surface area contributed by atoms with Crippen LogP contribution < -0.4 is 10.6 Å². The van der Waals surface area contributed by atoms with E-state index in [9.17, 15) is 4.79 Å². The second-order valence-corrected chi connectivity index (χ2v) is 6.43. The predicted octanol–water partition coefficient (Wildman–Crippen LogP) is 2.79. The summed E-state index contributed by atoms with van der Waals surface area (Å²) in [6.45, 7) is 6.71. The maximum Gasteiger partial charge on any atom is 0.338 e. The highest BCUT2D eigenvalue weighted by Gasteiger charge is 2.30. The topological polar surface area (TPSA) is 59.6 Å². The Labute approximate surface area is 148 Å². The van der Waals surface area contributed by atoms with E-state index in [1.807, 2.05) is 19.1 Å². The molecule has 0 aliphatic carbocycles. The number of thiocarbonyl (C=S) groups is 1. The zero-order chi connectivity index (χ0) is 17.7. The molecule has 24 heavy (non-hydrogen) atoms. The fourth-order valence-corrected chi connectivity index (χ4v) is 2.85. The van der Waals surface area contributed by atoms with Gasteiger partial charge in [0.25, 0.3) is 0 Å². The van der Waals surface area contributed by atoms with Gasteiger partial charge in [0.15, 0.2) is 5.11 Å². The highest BCUT2D eigenvalue weighted by Crippen LogP contribution is 2.28. The summed E-state index contributed by atoms with van der Waals surface area (Å²) in [6, 6.07) is 7.88. The summed E-state index contributed by atoms with van der Waals surface area (Å²) in [5, 5.41) is 6.66. The lowest BCUT2D eigenvalue weighted by atomic mass is 9.93. The first kappa shape index (κ1) is 18.4. The van der Waals surface area contributed by atoms with E-state index in [4.69, 9.17) is 21.7 Å². The molecule has 1 atom stereocenters. The molecule has 1 heterocycles. The Morgan fingerprint density at radius 2 is 1.92 bits per heavy atom. The van der Waals surface area contributed by atoms with Gasteiger partial charge in [-0.05, 0) is 36.2 Å². The Hall–Kier alpha value is -1.92. The fraction of sp³-hybridized carbons (Fsp3) is 0.444. The average Bonchev–Trinajstić information content (AvgIpc) is 2.54. The summed E-state index contributed by atoms with van der Waals surface area (Å²) in [5.41, 5.74) is 3.47. The molecule has 0 radical (unpaired) electrons. The fourth-order valence-electron chi connectivity index (χ4n) is 2.58. The summed E-state index contributed by atoms with van der Waals surface area (Å²) in [4.78, 5) is 12.5. The lowest BCUT2D eigenvalue weighted by Crippen LogP contribution is -2.45. The average molecular weight is 348 g/mol. The minimum atomic E-state index is -0.370. The van der Waals surface area contributed by atoms with Gasteiger partial charge in [-0.3, -0.25) is 0 Å². The maximum absolute atomic E-state index is 12.5. The summed E-state index contributed by atoms with van der Waals surface area (Å²) in [7, 11) is 1.57. The van der Waals surface area contributed by atoms with Gasteiger partial charge in [0, 0.05) is 12.8 Å². The normalized spacial score (nSPS) is 17.5. The minimum absolute atomic E-state index is 0.218. The summed E-state index contributed by atoms with van der Waals surface area (Å²) in [6.07, 6.45) is 0. The standard InChI is InChI=1S/C18H24N2O3S/c1-11(2)13-5-7-14(8-6-13)16-15(12(3)19-18(24)20-16)17(21)23-10-9-22-4/h5-8,11,16H,9-10H2,1-4H3,(H2,19,20,24). The molecule has 0 saturated carbocycles. The van der Waals surface area contributed by atoms with Crippen molar-refractivity contribution in [3.8, 4) is 0 Å². The molecule has 0 bridgehead atoms. The molecule has 1 aliphatic heterocycles. The Kier molecular flexibility index (Phi) is 6.34. The second-order valence-electron chi connectivity index (χ2n) is 6.02. The number of carbonyl (C=O) groups is 1. The van der Waals surface area contributed by atoms with Crippen molar-refractivity contribution in [2.24, 2.45) is 0 Å². The third kappa shape index (κ3) is 4.33. The third-order valence-corrected chi connectivity index (χ3v) is 4.17. The van der Waals surface area contributed by atoms with Crippen molar-refractivity contribution in [2.75, 3.05) is 20.3 Å². The van der Waals surface area contributed by atoms with Gasteiger partial charge in [-0.25, -0.2) is 4.79 Å². The van der Waals surface area contributed by atoms with Crippen LogP contribution >= 0.6 is 12.2 Å². The van der Waals surface area contributed by atoms with E-state index in [0.717, 1.165) is 5.56 Å². The number of esters is 1. The van der Waals surface area contributed by atoms with Crippen molar-refractivity contribution in [3.05, 3.63) is 46.7 Å². The van der Waals surface area contributed by atoms with Crippen LogP contribution in [-0.2, 0) is 14.3 Å². The van der Waals surface area contributed by atoms with Gasteiger partial charge < -0.3 is 20.1 Å². The zero-order valence-corrected chi connectivity index (χ0v) is 15.3. The number of hydrogen-bond acceptors (Lipinski definition) is 4. The van der Waals surface area contributed by atoms with Crippen molar-refractivity contribution in [1.29, 1.82) is 0 Å². The van der Waals surface area contributed by atoms with Gasteiger partial charge in [-0.1, -0.05) is 38.1 Å². The number of hydrogen-bond donors (Lipinski definition) is 2. The molecule has 1 aliphatic rings. The van der Waals surface area contributed by atoms with Crippen LogP contribution in [0.2, 0.25) is 0 Å². The summed E-state index contributed by atoms with van der Waals surface area (Å²) >= 11 is 5.24. The zero-order valence-electron chi connectivity index (χ0n) is 14.5. The van der Waals surface area contributed by atoms with Crippen LogP contribution in [0.25, 0.3) is 0 Å². The first-order valence-electron chi connectivity index (χ1n) is 7.98. The number of carbonyl (C=O) groups excluding carboxylic acids is 1. The number of ether oxygens (including phenoxy) is 2. The number of methoxy groups -OCH3 is 1. The minimum Gasteiger partial charge on any atom is -0.460 e. The van der Waals surface area contributed by atoms with E-state index in [2.05, 4.69) is 36.6 Å². The number of rotatable bonds is 6. The van der Waals surface area contributed by atoms with E-state index in [0.29, 0.717) is 28.9 Å². The van der Waals surface area contributed by atoms with E-state index in [1.54, 1.807) is 7.11 Å². The molecular weight excluding hydrogens is 324 g/mol. The molecule has 130 valence electrons. The molecule has 1 aromatic carbocycles. The van der Waals surface area contributed by atoms with Crippen LogP contribution in [0.15, 0.2) is 35.5 Å². The van der Waals surface area contributed by atoms with Crippen LogP contribution in [0, 0.1) is 0 Å². The maximum atomic E-state index is 12.5. The Morgan fingerprint density at radius 1 is 1.25 bits per heavy atom. The molecule has 0 fully saturated rings. The largest absolute Gasteiger partial charge is 0.460 e. The number of nitrogens with one attached hydrogen (secondary N) is 2. The van der Waals surface area contributed by atoms with E-state index in [-0.39, 0.29) is 18.6 Å². The van der Waals surface area contributed by atoms with Crippen LogP contribution in [0.3, 0.4) is 0 Å². The number of benzene rings is 1. The predicted molar refractivity (Wildman–Crippen MR) is 97.7 cm³/mol. The molecular formula is C18H24N2O3S. The molecule has 1 unspecified atom stereocenters. The molecule has 0 spiro atoms. The first-order chi connectivity index (χ1) is 11.4. The van der Waals surface area contributed by atoms with Gasteiger partial charge in [0.1, 0.15) is 6.61 Å². The Bertz CT molecular complexity index is 638. The van der Waals surface area contributed by atoms with Crippen LogP contribution in [0.5, 0.6) is 0 Å². The van der Waals surface area contributed by atoms with E-state index < -0.39 is 0 Å². The van der Waals surface area contributed by atoms with Crippen molar-refractivity contribution in [2.45, 2.75) is 32.7 Å². The molecule has 0 amide bonds. The second kappa shape index (κ2) is 8.26. The number of allylic oxidation sites excluding steroid dienone is 1. The van der Waals surface area contributed by atoms with Gasteiger partial charge in [0.2, 0.25) is 0 Å². The van der Waals surface area contributed by atoms with Crippen molar-refractivity contribution >= 4 is 23.3 Å². The van der Waals surface area contributed by atoms with Crippen LogP contribution in [0.1, 0.15) is 43.9 Å². The molecule has 2 rings (SSSR count). The molecule has 6 heteroatoms. The van der Waals surface area contributed by atoms with Crippen LogP contribution in [0.4, 0.5) is 0 Å². The smallest absolute Gasteiger partial charge is 0.338 e. The van der Waals surface area contributed by atoms with Crippen molar-refractivity contribution < 1.29 is 14.3 Å². The quantitative estimate of drug-likeness (QED) is 0.468. The SMILES string of the molecule is COCCOC(=O)C1=C(C)NC(=S)NC1c1ccc(C(C)C)cc1. The monoisotopic (exact) mass is 348 g/mol. The van der Waals surface area contributed by atoms with Gasteiger partial charge >= 0.3 is 5.97 Å². The van der Waals surface area contributed by atoms with Gasteiger partial charge in [-0.2, -0.15) is 0 Å². The summed E-state index contributed by atoms with van der Waals surface area (Å²) in [5.74, 6) is 0.0850. The third-order valence-electron chi connectivity index (χ3n) is 3.95. The highest BCUT2D eigenvalue weighted by molar-refractivity contribution is 7.80. The lowest BCUT2D eigenvalue weighted by Gasteiger charge is -2.30. The van der Waals surface area contributed by atoms with Crippen LogP contribution in [-0.4, -0.2) is 31.4 Å².